The number of pyridine rings is 1. The molecule has 2 unspecified atom stereocenters. The Morgan fingerprint density at radius 3 is 2.89 bits per heavy atom. The summed E-state index contributed by atoms with van der Waals surface area (Å²) in [6.07, 6.45) is 5.44. The molecule has 1 aliphatic heterocycles. The molecule has 102 valence electrons. The molecule has 2 heterocycles. The van der Waals surface area contributed by atoms with E-state index in [0.29, 0.717) is 24.4 Å². The van der Waals surface area contributed by atoms with E-state index in [4.69, 9.17) is 0 Å². The number of carboxylic acid groups (broad SMARTS) is 1. The molecule has 1 saturated heterocycles. The van der Waals surface area contributed by atoms with Crippen LogP contribution in [0.3, 0.4) is 0 Å². The molecule has 1 N–H and O–H groups in total. The van der Waals surface area contributed by atoms with Crippen molar-refractivity contribution >= 4 is 11.9 Å². The molecular weight excluding hydrogens is 244 g/mol. The van der Waals surface area contributed by atoms with Crippen molar-refractivity contribution in [1.29, 1.82) is 0 Å². The maximum atomic E-state index is 12.3. The van der Waals surface area contributed by atoms with Gasteiger partial charge in [0.25, 0.3) is 5.91 Å². The molecule has 1 fully saturated rings. The molecule has 2 atom stereocenters. The number of likely N-dealkylation sites (tertiary alicyclic amines) is 1. The zero-order valence-corrected chi connectivity index (χ0v) is 11.0. The number of rotatable bonds is 3. The summed E-state index contributed by atoms with van der Waals surface area (Å²) in [4.78, 5) is 29.1. The predicted octanol–water partition coefficient (Wildman–Crippen LogP) is 1.80. The Bertz CT molecular complexity index is 461. The Balaban J connectivity index is 2.18. The number of carbonyl (C=O) groups is 2. The third kappa shape index (κ3) is 2.92. The van der Waals surface area contributed by atoms with Crippen molar-refractivity contribution in [2.75, 3.05) is 6.54 Å². The van der Waals surface area contributed by atoms with Crippen LogP contribution < -0.4 is 0 Å². The first kappa shape index (κ1) is 13.5. The molecule has 1 aliphatic rings. The van der Waals surface area contributed by atoms with Gasteiger partial charge in [0, 0.05) is 18.9 Å². The minimum atomic E-state index is -0.921. The summed E-state index contributed by atoms with van der Waals surface area (Å²) in [5.74, 6) is -0.774. The summed E-state index contributed by atoms with van der Waals surface area (Å²) < 4.78 is 0. The average Bonchev–Trinajstić information content (AvgIpc) is 2.46. The van der Waals surface area contributed by atoms with Gasteiger partial charge in [-0.15, -0.1) is 0 Å². The van der Waals surface area contributed by atoms with E-state index in [9.17, 15) is 14.7 Å². The largest absolute Gasteiger partial charge is 0.480 e. The van der Waals surface area contributed by atoms with Gasteiger partial charge in [-0.05, 0) is 30.9 Å². The lowest BCUT2D eigenvalue weighted by Crippen LogP contribution is -2.50. The highest BCUT2D eigenvalue weighted by atomic mass is 16.4. The van der Waals surface area contributed by atoms with E-state index < -0.39 is 12.0 Å². The predicted molar refractivity (Wildman–Crippen MR) is 69.7 cm³/mol. The van der Waals surface area contributed by atoms with Gasteiger partial charge in [-0.25, -0.2) is 4.79 Å². The van der Waals surface area contributed by atoms with Crippen LogP contribution in [0.4, 0.5) is 0 Å². The van der Waals surface area contributed by atoms with Gasteiger partial charge in [-0.3, -0.25) is 9.78 Å². The minimum Gasteiger partial charge on any atom is -0.480 e. The first-order valence-electron chi connectivity index (χ1n) is 6.57. The highest BCUT2D eigenvalue weighted by Crippen LogP contribution is 2.26. The van der Waals surface area contributed by atoms with Crippen LogP contribution in [-0.4, -0.2) is 39.5 Å². The highest BCUT2D eigenvalue weighted by Gasteiger charge is 2.35. The Kier molecular flexibility index (Phi) is 4.14. The van der Waals surface area contributed by atoms with Crippen molar-refractivity contribution in [3.05, 3.63) is 30.1 Å². The molecule has 19 heavy (non-hydrogen) atoms. The van der Waals surface area contributed by atoms with Crippen LogP contribution in [0.25, 0.3) is 0 Å². The molecule has 0 spiro atoms. The van der Waals surface area contributed by atoms with E-state index in [1.807, 2.05) is 0 Å². The summed E-state index contributed by atoms with van der Waals surface area (Å²) in [7, 11) is 0. The third-order valence-electron chi connectivity index (χ3n) is 3.74. The van der Waals surface area contributed by atoms with Gasteiger partial charge < -0.3 is 10.0 Å². The van der Waals surface area contributed by atoms with Crippen molar-refractivity contribution < 1.29 is 14.7 Å². The second-order valence-corrected chi connectivity index (χ2v) is 4.89. The lowest BCUT2D eigenvalue weighted by molar-refractivity contribution is -0.144. The molecule has 0 aliphatic carbocycles. The molecular formula is C14H18N2O3. The summed E-state index contributed by atoms with van der Waals surface area (Å²) in [5.41, 5.74) is 0.448. The van der Waals surface area contributed by atoms with Crippen molar-refractivity contribution in [2.45, 2.75) is 32.2 Å². The molecule has 1 aromatic heterocycles. The van der Waals surface area contributed by atoms with E-state index in [-0.39, 0.29) is 5.91 Å². The van der Waals surface area contributed by atoms with Crippen molar-refractivity contribution in [3.8, 4) is 0 Å². The Morgan fingerprint density at radius 2 is 2.32 bits per heavy atom. The van der Waals surface area contributed by atoms with Crippen LogP contribution in [0.2, 0.25) is 0 Å². The first-order valence-corrected chi connectivity index (χ1v) is 6.57. The monoisotopic (exact) mass is 262 g/mol. The van der Waals surface area contributed by atoms with E-state index in [2.05, 4.69) is 11.9 Å². The average molecular weight is 262 g/mol. The van der Waals surface area contributed by atoms with E-state index in [1.54, 1.807) is 18.3 Å². The SMILES string of the molecule is CCC1CCN(C(=O)c2cccnc2)C(C(=O)O)C1. The topological polar surface area (TPSA) is 70.5 Å². The number of carboxylic acids is 1. The maximum absolute atomic E-state index is 12.3. The summed E-state index contributed by atoms with van der Waals surface area (Å²) in [6, 6.07) is 2.63. The minimum absolute atomic E-state index is 0.241. The van der Waals surface area contributed by atoms with Crippen LogP contribution in [0, 0.1) is 5.92 Å². The number of hydrogen-bond acceptors (Lipinski definition) is 3. The fraction of sp³-hybridized carbons (Fsp3) is 0.500. The fourth-order valence-corrected chi connectivity index (χ4v) is 2.54. The maximum Gasteiger partial charge on any atom is 0.326 e. The quantitative estimate of drug-likeness (QED) is 0.901. The van der Waals surface area contributed by atoms with E-state index >= 15 is 0 Å². The number of amides is 1. The zero-order chi connectivity index (χ0) is 13.8. The normalized spacial score (nSPS) is 23.1. The van der Waals surface area contributed by atoms with Crippen molar-refractivity contribution in [3.63, 3.8) is 0 Å². The number of nitrogens with zero attached hydrogens (tertiary/aromatic N) is 2. The smallest absolute Gasteiger partial charge is 0.326 e. The summed E-state index contributed by atoms with van der Waals surface area (Å²) in [5, 5.41) is 9.31. The van der Waals surface area contributed by atoms with Crippen LogP contribution in [0.1, 0.15) is 36.5 Å². The highest BCUT2D eigenvalue weighted by molar-refractivity contribution is 5.96. The second-order valence-electron chi connectivity index (χ2n) is 4.89. The number of piperidine rings is 1. The molecule has 2 rings (SSSR count). The standard InChI is InChI=1S/C14H18N2O3/c1-2-10-5-7-16(12(8-10)14(18)19)13(17)11-4-3-6-15-9-11/h3-4,6,9-10,12H,2,5,7-8H2,1H3,(H,18,19). The van der Waals surface area contributed by atoms with Gasteiger partial charge >= 0.3 is 5.97 Å². The van der Waals surface area contributed by atoms with E-state index in [0.717, 1.165) is 12.8 Å². The van der Waals surface area contributed by atoms with Gasteiger partial charge in [0.1, 0.15) is 6.04 Å². The second kappa shape index (κ2) is 5.82. The van der Waals surface area contributed by atoms with Gasteiger partial charge in [0.05, 0.1) is 5.56 Å². The van der Waals surface area contributed by atoms with Crippen LogP contribution in [-0.2, 0) is 4.79 Å². The molecule has 0 bridgehead atoms. The molecule has 0 aromatic carbocycles. The Morgan fingerprint density at radius 1 is 1.53 bits per heavy atom. The van der Waals surface area contributed by atoms with Crippen molar-refractivity contribution in [1.82, 2.24) is 9.88 Å². The number of carbonyl (C=O) groups excluding carboxylic acids is 1. The molecule has 5 nitrogen and oxygen atoms in total. The summed E-state index contributed by atoms with van der Waals surface area (Å²) >= 11 is 0. The zero-order valence-electron chi connectivity index (χ0n) is 11.0. The lowest BCUT2D eigenvalue weighted by Gasteiger charge is -2.36. The molecule has 5 heteroatoms. The number of aliphatic carboxylic acids is 1. The van der Waals surface area contributed by atoms with Gasteiger partial charge in [0.15, 0.2) is 0 Å². The van der Waals surface area contributed by atoms with Gasteiger partial charge in [0.2, 0.25) is 0 Å². The van der Waals surface area contributed by atoms with Crippen molar-refractivity contribution in [2.24, 2.45) is 5.92 Å². The van der Waals surface area contributed by atoms with Crippen LogP contribution in [0.15, 0.2) is 24.5 Å². The molecule has 0 saturated carbocycles. The van der Waals surface area contributed by atoms with Crippen LogP contribution in [0.5, 0.6) is 0 Å². The van der Waals surface area contributed by atoms with Gasteiger partial charge in [-0.1, -0.05) is 13.3 Å². The first-order chi connectivity index (χ1) is 9.13. The van der Waals surface area contributed by atoms with E-state index in [1.165, 1.54) is 11.1 Å². The third-order valence-corrected chi connectivity index (χ3v) is 3.74. The summed E-state index contributed by atoms with van der Waals surface area (Å²) in [6.45, 7) is 2.56. The Hall–Kier alpha value is -1.91. The van der Waals surface area contributed by atoms with Gasteiger partial charge in [-0.2, -0.15) is 0 Å². The molecule has 1 aromatic rings. The number of hydrogen-bond donors (Lipinski definition) is 1. The van der Waals surface area contributed by atoms with Crippen LogP contribution >= 0.6 is 0 Å². The lowest BCUT2D eigenvalue weighted by atomic mass is 9.88. The molecule has 1 amide bonds. The Labute approximate surface area is 112 Å². The number of aromatic nitrogens is 1. The molecule has 0 radical (unpaired) electrons. The fourth-order valence-electron chi connectivity index (χ4n) is 2.54.